The molecule has 0 bridgehead atoms. The molecule has 0 saturated carbocycles. The average molecular weight is 218 g/mol. The van der Waals surface area contributed by atoms with Crippen LogP contribution in [0.5, 0.6) is 0 Å². The van der Waals surface area contributed by atoms with Gasteiger partial charge in [0.05, 0.1) is 5.69 Å². The van der Waals surface area contributed by atoms with Crippen LogP contribution in [-0.4, -0.2) is 20.7 Å². The van der Waals surface area contributed by atoms with Crippen molar-refractivity contribution in [3.8, 4) is 0 Å². The molecule has 2 rings (SSSR count). The molecule has 2 N–H and O–H groups in total. The van der Waals surface area contributed by atoms with Gasteiger partial charge in [0.2, 0.25) is 0 Å². The van der Waals surface area contributed by atoms with Crippen LogP contribution in [0.1, 0.15) is 5.69 Å². The molecule has 2 aromatic heterocycles. The molecule has 0 fully saturated rings. The molecule has 0 radical (unpaired) electrons. The molecule has 2 heterocycles. The van der Waals surface area contributed by atoms with Gasteiger partial charge >= 0.3 is 0 Å². The monoisotopic (exact) mass is 218 g/mol. The Morgan fingerprint density at radius 1 is 1.56 bits per heavy atom. The second-order valence-corrected chi connectivity index (χ2v) is 3.80. The van der Waals surface area contributed by atoms with E-state index in [1.165, 1.54) is 0 Å². The number of hydrogen-bond donors (Lipinski definition) is 1. The summed E-state index contributed by atoms with van der Waals surface area (Å²) in [6.07, 6.45) is 3.45. The summed E-state index contributed by atoms with van der Waals surface area (Å²) < 4.78 is 3.17. The Balaban J connectivity index is 2.52. The maximum absolute atomic E-state index is 12.0. The highest BCUT2D eigenvalue weighted by Crippen LogP contribution is 2.01. The van der Waals surface area contributed by atoms with Gasteiger partial charge in [-0.1, -0.05) is 6.58 Å². The van der Waals surface area contributed by atoms with Gasteiger partial charge in [0.15, 0.2) is 0 Å². The van der Waals surface area contributed by atoms with Crippen LogP contribution >= 0.6 is 0 Å². The Morgan fingerprint density at radius 2 is 2.31 bits per heavy atom. The summed E-state index contributed by atoms with van der Waals surface area (Å²) in [6, 6.07) is 1.77. The van der Waals surface area contributed by atoms with Crippen LogP contribution in [0.15, 0.2) is 35.4 Å². The van der Waals surface area contributed by atoms with Gasteiger partial charge in [0.25, 0.3) is 5.56 Å². The number of nitrogens with zero attached hydrogens (tertiary/aromatic N) is 3. The molecule has 5 heteroatoms. The Hall–Kier alpha value is -1.88. The summed E-state index contributed by atoms with van der Waals surface area (Å²) in [6.45, 7) is 6.48. The van der Waals surface area contributed by atoms with Crippen LogP contribution in [0.2, 0.25) is 0 Å². The van der Waals surface area contributed by atoms with Gasteiger partial charge in [-0.25, -0.2) is 4.52 Å². The largest absolute Gasteiger partial charge is 0.327 e. The molecule has 0 aromatic carbocycles. The second-order valence-electron chi connectivity index (χ2n) is 3.80. The van der Waals surface area contributed by atoms with Crippen molar-refractivity contribution in [2.75, 3.05) is 6.54 Å². The number of hydrogen-bond acceptors (Lipinski definition) is 3. The van der Waals surface area contributed by atoms with Crippen molar-refractivity contribution in [3.05, 3.63) is 46.7 Å². The van der Waals surface area contributed by atoms with Crippen LogP contribution in [0.4, 0.5) is 0 Å². The van der Waals surface area contributed by atoms with Gasteiger partial charge in [0.1, 0.15) is 5.52 Å². The molecule has 5 nitrogen and oxygen atoms in total. The molecule has 0 atom stereocenters. The normalized spacial score (nSPS) is 10.9. The van der Waals surface area contributed by atoms with Crippen molar-refractivity contribution >= 4 is 5.52 Å². The Bertz CT molecular complexity index is 594. The first-order chi connectivity index (χ1) is 7.61. The Morgan fingerprint density at radius 3 is 3.00 bits per heavy atom. The summed E-state index contributed by atoms with van der Waals surface area (Å²) in [5.74, 6) is 0. The number of aromatic nitrogens is 3. The van der Waals surface area contributed by atoms with E-state index in [1.54, 1.807) is 27.5 Å². The summed E-state index contributed by atoms with van der Waals surface area (Å²) >= 11 is 0. The second kappa shape index (κ2) is 3.94. The minimum atomic E-state index is -0.0716. The van der Waals surface area contributed by atoms with E-state index in [0.717, 1.165) is 11.3 Å². The topological polar surface area (TPSA) is 65.3 Å². The SMILES string of the molecule is C=C(CN)Cn1ccn2nc(C)cc2c1=O. The third-order valence-electron chi connectivity index (χ3n) is 2.41. The quantitative estimate of drug-likeness (QED) is 0.754. The van der Waals surface area contributed by atoms with E-state index >= 15 is 0 Å². The molecule has 0 saturated heterocycles. The molecule has 16 heavy (non-hydrogen) atoms. The van der Waals surface area contributed by atoms with E-state index in [9.17, 15) is 4.79 Å². The molecule has 0 aliphatic carbocycles. The summed E-state index contributed by atoms with van der Waals surface area (Å²) in [5.41, 5.74) is 7.60. The van der Waals surface area contributed by atoms with Crippen LogP contribution in [0.25, 0.3) is 5.52 Å². The van der Waals surface area contributed by atoms with Crippen molar-refractivity contribution in [3.63, 3.8) is 0 Å². The van der Waals surface area contributed by atoms with Crippen LogP contribution < -0.4 is 11.3 Å². The van der Waals surface area contributed by atoms with Crippen LogP contribution in [0, 0.1) is 6.92 Å². The first-order valence-corrected chi connectivity index (χ1v) is 5.04. The van der Waals surface area contributed by atoms with Gasteiger partial charge in [0, 0.05) is 25.5 Å². The maximum atomic E-state index is 12.0. The van der Waals surface area contributed by atoms with E-state index in [1.807, 2.05) is 6.92 Å². The van der Waals surface area contributed by atoms with E-state index in [2.05, 4.69) is 11.7 Å². The van der Waals surface area contributed by atoms with Gasteiger partial charge in [-0.15, -0.1) is 0 Å². The van der Waals surface area contributed by atoms with Gasteiger partial charge in [-0.05, 0) is 18.6 Å². The number of fused-ring (bicyclic) bond motifs is 1. The van der Waals surface area contributed by atoms with E-state index < -0.39 is 0 Å². The fourth-order valence-corrected chi connectivity index (χ4v) is 1.58. The lowest BCUT2D eigenvalue weighted by atomic mass is 10.3. The number of rotatable bonds is 3. The molecule has 0 unspecified atom stereocenters. The van der Waals surface area contributed by atoms with E-state index in [4.69, 9.17) is 5.73 Å². The molecule has 0 aliphatic heterocycles. The van der Waals surface area contributed by atoms with Crippen molar-refractivity contribution in [2.24, 2.45) is 5.73 Å². The van der Waals surface area contributed by atoms with Crippen LogP contribution in [-0.2, 0) is 6.54 Å². The highest BCUT2D eigenvalue weighted by Gasteiger charge is 2.05. The standard InChI is InChI=1S/C11H14N4O/c1-8(6-12)7-14-3-4-15-10(11(14)16)5-9(2)13-15/h3-5H,1,6-7,12H2,2H3. The first kappa shape index (κ1) is 10.6. The van der Waals surface area contributed by atoms with E-state index in [-0.39, 0.29) is 5.56 Å². The Labute approximate surface area is 92.8 Å². The third-order valence-corrected chi connectivity index (χ3v) is 2.41. The fraction of sp³-hybridized carbons (Fsp3) is 0.273. The van der Waals surface area contributed by atoms with Crippen molar-refractivity contribution in [2.45, 2.75) is 13.5 Å². The molecule has 0 spiro atoms. The molecule has 0 aliphatic rings. The van der Waals surface area contributed by atoms with Crippen molar-refractivity contribution < 1.29 is 0 Å². The first-order valence-electron chi connectivity index (χ1n) is 5.04. The predicted molar refractivity (Wildman–Crippen MR) is 62.4 cm³/mol. The maximum Gasteiger partial charge on any atom is 0.276 e. The predicted octanol–water partition coefficient (Wildman–Crippen LogP) is 0.319. The van der Waals surface area contributed by atoms with Gasteiger partial charge in [-0.2, -0.15) is 5.10 Å². The van der Waals surface area contributed by atoms with Crippen molar-refractivity contribution in [1.29, 1.82) is 0 Å². The molecular weight excluding hydrogens is 204 g/mol. The highest BCUT2D eigenvalue weighted by molar-refractivity contribution is 5.44. The summed E-state index contributed by atoms with van der Waals surface area (Å²) in [5, 5.41) is 4.17. The lowest BCUT2D eigenvalue weighted by Gasteiger charge is -2.06. The average Bonchev–Trinajstić information content (AvgIpc) is 2.64. The third kappa shape index (κ3) is 1.77. The minimum Gasteiger partial charge on any atom is -0.327 e. The number of nitrogens with two attached hydrogens (primary N) is 1. The zero-order chi connectivity index (χ0) is 11.7. The number of aryl methyl sites for hydroxylation is 1. The zero-order valence-corrected chi connectivity index (χ0v) is 9.18. The molecule has 2 aromatic rings. The molecule has 0 amide bonds. The minimum absolute atomic E-state index is 0.0716. The summed E-state index contributed by atoms with van der Waals surface area (Å²) in [4.78, 5) is 12.0. The zero-order valence-electron chi connectivity index (χ0n) is 9.18. The van der Waals surface area contributed by atoms with Crippen molar-refractivity contribution in [1.82, 2.24) is 14.2 Å². The van der Waals surface area contributed by atoms with Gasteiger partial charge < -0.3 is 10.3 Å². The van der Waals surface area contributed by atoms with Crippen LogP contribution in [0.3, 0.4) is 0 Å². The van der Waals surface area contributed by atoms with E-state index in [0.29, 0.717) is 18.6 Å². The summed E-state index contributed by atoms with van der Waals surface area (Å²) in [7, 11) is 0. The van der Waals surface area contributed by atoms with Gasteiger partial charge in [-0.3, -0.25) is 4.79 Å². The Kier molecular flexibility index (Phi) is 2.62. The lowest BCUT2D eigenvalue weighted by molar-refractivity contribution is 0.722. The molecular formula is C11H14N4O. The smallest absolute Gasteiger partial charge is 0.276 e. The molecule has 84 valence electrons. The fourth-order valence-electron chi connectivity index (χ4n) is 1.58. The highest BCUT2D eigenvalue weighted by atomic mass is 16.1. The lowest BCUT2D eigenvalue weighted by Crippen LogP contribution is -2.23.